The molecule has 0 aliphatic heterocycles. The van der Waals surface area contributed by atoms with E-state index in [1.165, 1.54) is 40.0 Å². The molecule has 0 aliphatic carbocycles. The lowest BCUT2D eigenvalue weighted by Crippen LogP contribution is -2.41. The molecule has 2 N–H and O–H groups in total. The average Bonchev–Trinajstić information content (AvgIpc) is 2.93. The van der Waals surface area contributed by atoms with Gasteiger partial charge in [0.05, 0.1) is 18.7 Å². The number of sulfonamides is 1. The van der Waals surface area contributed by atoms with Gasteiger partial charge in [-0.3, -0.25) is 4.79 Å². The van der Waals surface area contributed by atoms with Crippen molar-refractivity contribution in [1.82, 2.24) is 9.88 Å². The zero-order valence-electron chi connectivity index (χ0n) is 14.7. The summed E-state index contributed by atoms with van der Waals surface area (Å²) in [6.45, 7) is 4.36. The minimum Gasteiger partial charge on any atom is -0.465 e. The molecular formula is C16H19N3O6S. The zero-order chi connectivity index (χ0) is 19.5. The van der Waals surface area contributed by atoms with Crippen LogP contribution in [0.2, 0.25) is 0 Å². The van der Waals surface area contributed by atoms with Gasteiger partial charge in [-0.1, -0.05) is 11.2 Å². The minimum atomic E-state index is -3.98. The van der Waals surface area contributed by atoms with Gasteiger partial charge in [0.1, 0.15) is 10.6 Å². The van der Waals surface area contributed by atoms with Gasteiger partial charge in [0.2, 0.25) is 15.9 Å². The second kappa shape index (κ2) is 7.67. The van der Waals surface area contributed by atoms with Gasteiger partial charge < -0.3 is 14.6 Å². The standard InChI is InChI=1S/C16H19N3O6S/c1-9-14(11(3)25-18-9)26(22,23)19-10(2)15(20)17-13-7-5-6-12(8-13)16(21)24-4/h5-8,10,19H,1-4H3,(H,17,20)/t10-/m0/s1. The number of anilines is 1. The third-order valence-corrected chi connectivity index (χ3v) is 5.30. The van der Waals surface area contributed by atoms with Gasteiger partial charge in [-0.05, 0) is 39.0 Å². The van der Waals surface area contributed by atoms with Crippen LogP contribution >= 0.6 is 0 Å². The van der Waals surface area contributed by atoms with E-state index in [4.69, 9.17) is 4.52 Å². The number of amides is 1. The Morgan fingerprint density at radius 1 is 1.27 bits per heavy atom. The normalized spacial score (nSPS) is 12.5. The molecule has 0 aliphatic rings. The first-order chi connectivity index (χ1) is 12.2. The smallest absolute Gasteiger partial charge is 0.337 e. The Hall–Kier alpha value is -2.72. The Bertz CT molecular complexity index is 916. The van der Waals surface area contributed by atoms with Crippen molar-refractivity contribution in [1.29, 1.82) is 0 Å². The number of nitrogens with one attached hydrogen (secondary N) is 2. The fourth-order valence-corrected chi connectivity index (χ4v) is 3.83. The highest BCUT2D eigenvalue weighted by Crippen LogP contribution is 2.19. The van der Waals surface area contributed by atoms with E-state index in [9.17, 15) is 18.0 Å². The highest BCUT2D eigenvalue weighted by molar-refractivity contribution is 7.89. The zero-order valence-corrected chi connectivity index (χ0v) is 15.5. The Morgan fingerprint density at radius 2 is 1.96 bits per heavy atom. The second-order valence-corrected chi connectivity index (χ2v) is 7.21. The summed E-state index contributed by atoms with van der Waals surface area (Å²) < 4.78 is 36.6. The molecule has 10 heteroatoms. The number of hydrogen-bond donors (Lipinski definition) is 2. The van der Waals surface area contributed by atoms with Crippen LogP contribution in [-0.4, -0.2) is 38.6 Å². The number of carbonyl (C=O) groups excluding carboxylic acids is 2. The quantitative estimate of drug-likeness (QED) is 0.724. The van der Waals surface area contributed by atoms with E-state index in [-0.39, 0.29) is 21.9 Å². The first kappa shape index (κ1) is 19.6. The summed E-state index contributed by atoms with van der Waals surface area (Å²) in [4.78, 5) is 23.7. The SMILES string of the molecule is COC(=O)c1cccc(NC(=O)[C@H](C)NS(=O)(=O)c2c(C)noc2C)c1. The third-order valence-electron chi connectivity index (χ3n) is 3.51. The Kier molecular flexibility index (Phi) is 5.78. The van der Waals surface area contributed by atoms with Crippen molar-refractivity contribution in [3.63, 3.8) is 0 Å². The van der Waals surface area contributed by atoms with Crippen LogP contribution in [0.4, 0.5) is 5.69 Å². The van der Waals surface area contributed by atoms with Crippen LogP contribution in [0.5, 0.6) is 0 Å². The molecule has 0 radical (unpaired) electrons. The van der Waals surface area contributed by atoms with Gasteiger partial charge in [-0.25, -0.2) is 13.2 Å². The maximum atomic E-state index is 12.4. The predicted molar refractivity (Wildman–Crippen MR) is 92.2 cm³/mol. The monoisotopic (exact) mass is 381 g/mol. The van der Waals surface area contributed by atoms with Gasteiger partial charge in [0.15, 0.2) is 5.76 Å². The lowest BCUT2D eigenvalue weighted by molar-refractivity contribution is -0.117. The molecule has 26 heavy (non-hydrogen) atoms. The number of aryl methyl sites for hydroxylation is 2. The number of hydrogen-bond acceptors (Lipinski definition) is 7. The number of rotatable bonds is 6. The summed E-state index contributed by atoms with van der Waals surface area (Å²) in [6.07, 6.45) is 0. The summed E-state index contributed by atoms with van der Waals surface area (Å²) in [5.41, 5.74) is 0.795. The molecule has 1 heterocycles. The molecule has 0 bridgehead atoms. The molecule has 2 rings (SSSR count). The molecule has 0 fully saturated rings. The van der Waals surface area contributed by atoms with Crippen molar-refractivity contribution in [2.75, 3.05) is 12.4 Å². The van der Waals surface area contributed by atoms with Crippen molar-refractivity contribution in [3.05, 3.63) is 41.3 Å². The van der Waals surface area contributed by atoms with Gasteiger partial charge in [-0.2, -0.15) is 4.72 Å². The molecule has 0 saturated carbocycles. The van der Waals surface area contributed by atoms with Crippen LogP contribution < -0.4 is 10.0 Å². The summed E-state index contributed by atoms with van der Waals surface area (Å²) >= 11 is 0. The topological polar surface area (TPSA) is 128 Å². The molecule has 1 aromatic carbocycles. The lowest BCUT2D eigenvalue weighted by Gasteiger charge is -2.14. The van der Waals surface area contributed by atoms with Crippen LogP contribution in [0.1, 0.15) is 28.7 Å². The van der Waals surface area contributed by atoms with Crippen molar-refractivity contribution in [3.8, 4) is 0 Å². The average molecular weight is 381 g/mol. The van der Waals surface area contributed by atoms with Gasteiger partial charge >= 0.3 is 5.97 Å². The number of methoxy groups -OCH3 is 1. The molecule has 0 unspecified atom stereocenters. The van der Waals surface area contributed by atoms with Crippen LogP contribution in [0.15, 0.2) is 33.7 Å². The van der Waals surface area contributed by atoms with E-state index in [0.717, 1.165) is 0 Å². The molecule has 9 nitrogen and oxygen atoms in total. The summed E-state index contributed by atoms with van der Waals surface area (Å²) in [6, 6.07) is 5.03. The van der Waals surface area contributed by atoms with E-state index in [0.29, 0.717) is 5.69 Å². The van der Waals surface area contributed by atoms with Gasteiger partial charge in [-0.15, -0.1) is 0 Å². The first-order valence-electron chi connectivity index (χ1n) is 7.60. The van der Waals surface area contributed by atoms with Crippen LogP contribution in [0, 0.1) is 13.8 Å². The fraction of sp³-hybridized carbons (Fsp3) is 0.312. The third kappa shape index (κ3) is 4.27. The lowest BCUT2D eigenvalue weighted by atomic mass is 10.2. The van der Waals surface area contributed by atoms with Crippen molar-refractivity contribution in [2.24, 2.45) is 0 Å². The summed E-state index contributed by atoms with van der Waals surface area (Å²) in [5, 5.41) is 6.14. The molecule has 0 spiro atoms. The Morgan fingerprint density at radius 3 is 2.54 bits per heavy atom. The van der Waals surface area contributed by atoms with E-state index in [1.807, 2.05) is 0 Å². The van der Waals surface area contributed by atoms with E-state index in [1.54, 1.807) is 12.1 Å². The molecule has 2 aromatic rings. The molecular weight excluding hydrogens is 362 g/mol. The molecule has 1 atom stereocenters. The molecule has 140 valence electrons. The number of ether oxygens (including phenoxy) is 1. The van der Waals surface area contributed by atoms with Crippen LogP contribution in [0.3, 0.4) is 0 Å². The minimum absolute atomic E-state index is 0.0927. The number of carbonyl (C=O) groups is 2. The highest BCUT2D eigenvalue weighted by Gasteiger charge is 2.28. The summed E-state index contributed by atoms with van der Waals surface area (Å²) in [7, 11) is -2.73. The van der Waals surface area contributed by atoms with Crippen molar-refractivity contribution in [2.45, 2.75) is 31.7 Å². The number of nitrogens with zero attached hydrogens (tertiary/aromatic N) is 1. The van der Waals surface area contributed by atoms with Gasteiger partial charge in [0.25, 0.3) is 0 Å². The maximum Gasteiger partial charge on any atom is 0.337 e. The largest absolute Gasteiger partial charge is 0.465 e. The fourth-order valence-electron chi connectivity index (χ4n) is 2.30. The number of esters is 1. The first-order valence-corrected chi connectivity index (χ1v) is 9.08. The number of benzene rings is 1. The Labute approximate surface area is 150 Å². The number of aromatic nitrogens is 1. The predicted octanol–water partition coefficient (Wildman–Crippen LogP) is 1.38. The van der Waals surface area contributed by atoms with Crippen molar-refractivity contribution < 1.29 is 27.3 Å². The molecule has 0 saturated heterocycles. The maximum absolute atomic E-state index is 12.4. The van der Waals surface area contributed by atoms with Crippen LogP contribution in [0.25, 0.3) is 0 Å². The Balaban J connectivity index is 2.12. The van der Waals surface area contributed by atoms with Gasteiger partial charge in [0, 0.05) is 5.69 Å². The van der Waals surface area contributed by atoms with E-state index >= 15 is 0 Å². The molecule has 1 amide bonds. The molecule has 1 aromatic heterocycles. The summed E-state index contributed by atoms with van der Waals surface area (Å²) in [5.74, 6) is -1.01. The second-order valence-electron chi connectivity index (χ2n) is 5.56. The van der Waals surface area contributed by atoms with Crippen molar-refractivity contribution >= 4 is 27.6 Å². The van der Waals surface area contributed by atoms with E-state index in [2.05, 4.69) is 19.9 Å². The van der Waals surface area contributed by atoms with Crippen LogP contribution in [-0.2, 0) is 19.6 Å². The van der Waals surface area contributed by atoms with E-state index < -0.39 is 27.9 Å². The highest BCUT2D eigenvalue weighted by atomic mass is 32.2.